The van der Waals surface area contributed by atoms with Gasteiger partial charge in [0.2, 0.25) is 0 Å². The molecule has 1 aliphatic heterocycles. The minimum atomic E-state index is -0.112. The molecule has 0 saturated carbocycles. The van der Waals surface area contributed by atoms with Crippen LogP contribution in [0.15, 0.2) is 48.5 Å². The van der Waals surface area contributed by atoms with Crippen LogP contribution in [0.2, 0.25) is 0 Å². The second kappa shape index (κ2) is 8.91. The molecule has 2 N–H and O–H groups in total. The first kappa shape index (κ1) is 19.2. The van der Waals surface area contributed by atoms with E-state index >= 15 is 0 Å². The summed E-state index contributed by atoms with van der Waals surface area (Å²) in [4.78, 5) is 16.5. The maximum Gasteiger partial charge on any atom is 0.255 e. The van der Waals surface area contributed by atoms with E-state index in [1.165, 1.54) is 25.3 Å². The van der Waals surface area contributed by atoms with Gasteiger partial charge in [0, 0.05) is 16.9 Å². The zero-order chi connectivity index (χ0) is 19.2. The Morgan fingerprint density at radius 3 is 2.26 bits per heavy atom. The first-order valence-corrected chi connectivity index (χ1v) is 9.82. The van der Waals surface area contributed by atoms with E-state index in [9.17, 15) is 4.79 Å². The average molecular weight is 369 g/mol. The maximum absolute atomic E-state index is 12.4. The van der Waals surface area contributed by atoms with E-state index in [4.69, 9.17) is 4.74 Å². The van der Waals surface area contributed by atoms with Crippen molar-refractivity contribution < 1.29 is 14.4 Å². The standard InChI is InChI=1S/C22H29N3O2/c1-4-24-13-15-25(16-14-24)20-9-7-19(8-10-20)23-22(26)18-5-11-21(12-6-18)27-17(2)3/h5-12,17H,4,13-16H2,1-3H3,(H,23,26)/p+1. The number of quaternary nitrogens is 1. The van der Waals surface area contributed by atoms with Gasteiger partial charge >= 0.3 is 0 Å². The molecule has 1 saturated heterocycles. The third kappa shape index (κ3) is 5.23. The fraction of sp³-hybridized carbons (Fsp3) is 0.409. The van der Waals surface area contributed by atoms with Gasteiger partial charge in [-0.05, 0) is 69.3 Å². The van der Waals surface area contributed by atoms with Crippen molar-refractivity contribution in [3.05, 3.63) is 54.1 Å². The van der Waals surface area contributed by atoms with E-state index in [-0.39, 0.29) is 12.0 Å². The Labute approximate surface area is 161 Å². The zero-order valence-electron chi connectivity index (χ0n) is 16.5. The van der Waals surface area contributed by atoms with Crippen LogP contribution in [-0.4, -0.2) is 44.7 Å². The molecule has 3 rings (SSSR count). The predicted molar refractivity (Wildman–Crippen MR) is 110 cm³/mol. The number of piperazine rings is 1. The molecule has 1 aliphatic rings. The van der Waals surface area contributed by atoms with Gasteiger partial charge in [0.15, 0.2) is 0 Å². The fourth-order valence-electron chi connectivity index (χ4n) is 3.35. The molecule has 0 bridgehead atoms. The van der Waals surface area contributed by atoms with Crippen LogP contribution in [0, 0.1) is 0 Å². The van der Waals surface area contributed by atoms with Gasteiger partial charge < -0.3 is 19.9 Å². The molecule has 1 fully saturated rings. The van der Waals surface area contributed by atoms with Crippen molar-refractivity contribution >= 4 is 17.3 Å². The Hall–Kier alpha value is -2.53. The maximum atomic E-state index is 12.4. The summed E-state index contributed by atoms with van der Waals surface area (Å²) < 4.78 is 5.61. The van der Waals surface area contributed by atoms with Gasteiger partial charge in [-0.25, -0.2) is 0 Å². The summed E-state index contributed by atoms with van der Waals surface area (Å²) in [5.41, 5.74) is 2.65. The van der Waals surface area contributed by atoms with Gasteiger partial charge in [0.1, 0.15) is 5.75 Å². The number of rotatable bonds is 6. The number of likely N-dealkylation sites (N-methyl/N-ethyl adjacent to an activating group) is 1. The highest BCUT2D eigenvalue weighted by atomic mass is 16.5. The molecular formula is C22H30N3O2+. The molecule has 0 unspecified atom stereocenters. The first-order chi connectivity index (χ1) is 13.0. The van der Waals surface area contributed by atoms with Crippen molar-refractivity contribution in [2.45, 2.75) is 26.9 Å². The quantitative estimate of drug-likeness (QED) is 0.823. The van der Waals surface area contributed by atoms with E-state index in [1.807, 2.05) is 38.1 Å². The summed E-state index contributed by atoms with van der Waals surface area (Å²) in [6.45, 7) is 11.9. The van der Waals surface area contributed by atoms with Crippen LogP contribution >= 0.6 is 0 Å². The molecule has 0 atom stereocenters. The first-order valence-electron chi connectivity index (χ1n) is 9.82. The molecule has 0 spiro atoms. The van der Waals surface area contributed by atoms with Crippen molar-refractivity contribution in [3.8, 4) is 5.75 Å². The van der Waals surface area contributed by atoms with E-state index in [1.54, 1.807) is 17.0 Å². The zero-order valence-corrected chi connectivity index (χ0v) is 16.5. The third-order valence-electron chi connectivity index (χ3n) is 4.95. The molecule has 144 valence electrons. The number of hydrogen-bond donors (Lipinski definition) is 2. The Morgan fingerprint density at radius 1 is 1.07 bits per heavy atom. The number of carbonyl (C=O) groups is 1. The van der Waals surface area contributed by atoms with Gasteiger partial charge in [-0.2, -0.15) is 0 Å². The van der Waals surface area contributed by atoms with Gasteiger partial charge in [0.25, 0.3) is 5.91 Å². The number of nitrogens with zero attached hydrogens (tertiary/aromatic N) is 1. The molecule has 1 amide bonds. The SMILES string of the molecule is CC[NH+]1CCN(c2ccc(NC(=O)c3ccc(OC(C)C)cc3)cc2)CC1. The topological polar surface area (TPSA) is 46.0 Å². The number of benzene rings is 2. The van der Waals surface area contributed by atoms with Crippen molar-refractivity contribution in [1.29, 1.82) is 0 Å². The van der Waals surface area contributed by atoms with Crippen molar-refractivity contribution in [2.75, 3.05) is 42.9 Å². The minimum Gasteiger partial charge on any atom is -0.491 e. The Morgan fingerprint density at radius 2 is 1.70 bits per heavy atom. The summed E-state index contributed by atoms with van der Waals surface area (Å²) in [6, 6.07) is 15.4. The van der Waals surface area contributed by atoms with Gasteiger partial charge in [-0.15, -0.1) is 0 Å². The molecule has 0 aromatic heterocycles. The highest BCUT2D eigenvalue weighted by Crippen LogP contribution is 2.19. The van der Waals surface area contributed by atoms with Crippen LogP contribution in [0.25, 0.3) is 0 Å². The monoisotopic (exact) mass is 368 g/mol. The normalized spacial score (nSPS) is 15.0. The average Bonchev–Trinajstić information content (AvgIpc) is 2.69. The molecular weight excluding hydrogens is 338 g/mol. The number of nitrogens with one attached hydrogen (secondary N) is 2. The number of carbonyl (C=O) groups excluding carboxylic acids is 1. The van der Waals surface area contributed by atoms with Gasteiger partial charge in [0.05, 0.1) is 38.8 Å². The summed E-state index contributed by atoms with van der Waals surface area (Å²) in [6.07, 6.45) is 0.120. The molecule has 1 heterocycles. The smallest absolute Gasteiger partial charge is 0.255 e. The lowest BCUT2D eigenvalue weighted by Crippen LogP contribution is -3.14. The molecule has 0 aliphatic carbocycles. The summed E-state index contributed by atoms with van der Waals surface area (Å²) >= 11 is 0. The minimum absolute atomic E-state index is 0.112. The molecule has 27 heavy (non-hydrogen) atoms. The highest BCUT2D eigenvalue weighted by molar-refractivity contribution is 6.04. The lowest BCUT2D eigenvalue weighted by atomic mass is 10.2. The largest absolute Gasteiger partial charge is 0.491 e. The van der Waals surface area contributed by atoms with E-state index in [0.717, 1.165) is 24.5 Å². The van der Waals surface area contributed by atoms with E-state index < -0.39 is 0 Å². The fourth-order valence-corrected chi connectivity index (χ4v) is 3.35. The summed E-state index contributed by atoms with van der Waals surface area (Å²) in [7, 11) is 0. The number of anilines is 2. The molecule has 2 aromatic rings. The van der Waals surface area contributed by atoms with Crippen molar-refractivity contribution in [1.82, 2.24) is 0 Å². The third-order valence-corrected chi connectivity index (χ3v) is 4.95. The Kier molecular flexibility index (Phi) is 6.35. The molecule has 5 heteroatoms. The molecule has 0 radical (unpaired) electrons. The van der Waals surface area contributed by atoms with Crippen LogP contribution in [0.1, 0.15) is 31.1 Å². The van der Waals surface area contributed by atoms with Crippen molar-refractivity contribution in [3.63, 3.8) is 0 Å². The van der Waals surface area contributed by atoms with Crippen LogP contribution in [0.4, 0.5) is 11.4 Å². The molecule has 5 nitrogen and oxygen atoms in total. The lowest BCUT2D eigenvalue weighted by molar-refractivity contribution is -0.898. The van der Waals surface area contributed by atoms with Crippen LogP contribution in [-0.2, 0) is 0 Å². The lowest BCUT2D eigenvalue weighted by Gasteiger charge is -2.33. The second-order valence-electron chi connectivity index (χ2n) is 7.28. The van der Waals surface area contributed by atoms with Crippen molar-refractivity contribution in [2.24, 2.45) is 0 Å². The Bertz CT molecular complexity index is 733. The highest BCUT2D eigenvalue weighted by Gasteiger charge is 2.18. The molecule has 2 aromatic carbocycles. The van der Waals surface area contributed by atoms with E-state index in [0.29, 0.717) is 5.56 Å². The summed E-state index contributed by atoms with van der Waals surface area (Å²) in [5, 5.41) is 2.96. The van der Waals surface area contributed by atoms with Gasteiger partial charge in [-0.1, -0.05) is 0 Å². The van der Waals surface area contributed by atoms with Crippen LogP contribution in [0.5, 0.6) is 5.75 Å². The van der Waals surface area contributed by atoms with Crippen LogP contribution < -0.4 is 19.9 Å². The number of ether oxygens (including phenoxy) is 1. The number of hydrogen-bond acceptors (Lipinski definition) is 3. The number of amides is 1. The van der Waals surface area contributed by atoms with E-state index in [2.05, 4.69) is 29.3 Å². The predicted octanol–water partition coefficient (Wildman–Crippen LogP) is 2.45. The van der Waals surface area contributed by atoms with Crippen LogP contribution in [0.3, 0.4) is 0 Å². The summed E-state index contributed by atoms with van der Waals surface area (Å²) in [5.74, 6) is 0.662. The van der Waals surface area contributed by atoms with Gasteiger partial charge in [-0.3, -0.25) is 4.79 Å². The second-order valence-corrected chi connectivity index (χ2v) is 7.28. The Balaban J connectivity index is 1.57.